The van der Waals surface area contributed by atoms with E-state index in [1.165, 1.54) is 12.8 Å². The average Bonchev–Trinajstić information content (AvgIpc) is 2.92. The number of halogens is 1. The Balaban J connectivity index is 1.60. The van der Waals surface area contributed by atoms with Gasteiger partial charge in [0, 0.05) is 32.0 Å². The number of Topliss-reactive ketones (excluding diaryl/α,β-unsaturated/α-hetero) is 1. The lowest BCUT2D eigenvalue weighted by Gasteiger charge is -2.28. The number of piperidine rings is 1. The van der Waals surface area contributed by atoms with Gasteiger partial charge in [-0.15, -0.1) is 0 Å². The number of fused-ring (bicyclic) bond motifs is 2. The molecule has 0 aliphatic carbocycles. The predicted molar refractivity (Wildman–Crippen MR) is 83.6 cm³/mol. The first-order chi connectivity index (χ1) is 10.1. The van der Waals surface area contributed by atoms with Gasteiger partial charge >= 0.3 is 0 Å². The molecule has 0 aromatic carbocycles. The van der Waals surface area contributed by atoms with Crippen molar-refractivity contribution in [2.75, 3.05) is 0 Å². The van der Waals surface area contributed by atoms with Crippen LogP contribution < -0.4 is 5.32 Å². The molecule has 2 aliphatic rings. The molecule has 21 heavy (non-hydrogen) atoms. The molecule has 3 rings (SSSR count). The molecule has 0 saturated carbocycles. The number of carbonyl (C=O) groups is 1. The quantitative estimate of drug-likeness (QED) is 0.909. The van der Waals surface area contributed by atoms with Crippen LogP contribution in [-0.4, -0.2) is 27.6 Å². The van der Waals surface area contributed by atoms with Gasteiger partial charge in [-0.3, -0.25) is 9.48 Å². The second kappa shape index (κ2) is 6.09. The van der Waals surface area contributed by atoms with Crippen molar-refractivity contribution in [2.45, 2.75) is 64.0 Å². The van der Waals surface area contributed by atoms with Crippen LogP contribution in [0.3, 0.4) is 0 Å². The molecule has 3 heterocycles. The van der Waals surface area contributed by atoms with Crippen LogP contribution in [0.5, 0.6) is 0 Å². The van der Waals surface area contributed by atoms with E-state index in [1.54, 1.807) is 4.68 Å². The highest BCUT2D eigenvalue weighted by Gasteiger charge is 2.34. The molecule has 2 atom stereocenters. The van der Waals surface area contributed by atoms with E-state index in [-0.39, 0.29) is 0 Å². The molecule has 2 unspecified atom stereocenters. The van der Waals surface area contributed by atoms with E-state index in [4.69, 9.17) is 11.6 Å². The fraction of sp³-hybridized carbons (Fsp3) is 0.750. The molecule has 0 spiro atoms. The lowest BCUT2D eigenvalue weighted by atomic mass is 9.87. The Kier molecular flexibility index (Phi) is 4.36. The molecular weight excluding hydrogens is 286 g/mol. The molecule has 0 amide bonds. The number of nitrogens with one attached hydrogen (secondary N) is 1. The summed E-state index contributed by atoms with van der Waals surface area (Å²) in [5.74, 6) is 0.850. The van der Waals surface area contributed by atoms with Crippen molar-refractivity contribution >= 4 is 17.4 Å². The van der Waals surface area contributed by atoms with Crippen molar-refractivity contribution in [3.05, 3.63) is 16.4 Å². The van der Waals surface area contributed by atoms with Gasteiger partial charge in [0.25, 0.3) is 0 Å². The minimum absolute atomic E-state index is 0.300. The largest absolute Gasteiger partial charge is 0.311 e. The standard InChI is InChI=1S/C16H24ClN3O/c1-3-14-16(17)15(20(2)19-14)9-13(21)8-10-6-11-4-5-12(7-10)18-11/h10-12,18H,3-9H2,1-2H3. The maximum absolute atomic E-state index is 12.4. The van der Waals surface area contributed by atoms with Crippen LogP contribution in [0.15, 0.2) is 0 Å². The highest BCUT2D eigenvalue weighted by Crippen LogP contribution is 2.33. The van der Waals surface area contributed by atoms with Crippen LogP contribution in [0.25, 0.3) is 0 Å². The lowest BCUT2D eigenvalue weighted by Crippen LogP contribution is -2.38. The summed E-state index contributed by atoms with van der Waals surface area (Å²) >= 11 is 6.33. The summed E-state index contributed by atoms with van der Waals surface area (Å²) in [7, 11) is 1.87. The zero-order chi connectivity index (χ0) is 15.0. The molecule has 5 heteroatoms. The Bertz CT molecular complexity index is 528. The number of hydrogen-bond donors (Lipinski definition) is 1. The predicted octanol–water partition coefficient (Wildman–Crippen LogP) is 2.67. The summed E-state index contributed by atoms with van der Waals surface area (Å²) in [4.78, 5) is 12.4. The van der Waals surface area contributed by atoms with Gasteiger partial charge < -0.3 is 5.32 Å². The van der Waals surface area contributed by atoms with Gasteiger partial charge in [0.05, 0.1) is 16.4 Å². The third-order valence-electron chi connectivity index (χ3n) is 4.95. The number of aromatic nitrogens is 2. The van der Waals surface area contributed by atoms with Crippen molar-refractivity contribution in [2.24, 2.45) is 13.0 Å². The number of carbonyl (C=O) groups excluding carboxylic acids is 1. The SMILES string of the molecule is CCc1nn(C)c(CC(=O)CC2CC3CCC(C2)N3)c1Cl. The molecule has 2 bridgehead atoms. The number of hydrogen-bond acceptors (Lipinski definition) is 3. The summed E-state index contributed by atoms with van der Waals surface area (Å²) in [5, 5.41) is 8.69. The molecular formula is C16H24ClN3O. The molecule has 4 nitrogen and oxygen atoms in total. The van der Waals surface area contributed by atoms with Gasteiger partial charge in [-0.2, -0.15) is 5.10 Å². The minimum atomic E-state index is 0.300. The summed E-state index contributed by atoms with van der Waals surface area (Å²) in [6.45, 7) is 2.03. The lowest BCUT2D eigenvalue weighted by molar-refractivity contribution is -0.119. The minimum Gasteiger partial charge on any atom is -0.311 e. The Labute approximate surface area is 131 Å². The van der Waals surface area contributed by atoms with Gasteiger partial charge in [-0.25, -0.2) is 0 Å². The topological polar surface area (TPSA) is 46.9 Å². The first kappa shape index (κ1) is 15.0. The highest BCUT2D eigenvalue weighted by atomic mass is 35.5. The van der Waals surface area contributed by atoms with E-state index in [2.05, 4.69) is 10.4 Å². The van der Waals surface area contributed by atoms with Gasteiger partial charge in [-0.05, 0) is 38.0 Å². The summed E-state index contributed by atoms with van der Waals surface area (Å²) in [6.07, 6.45) is 6.78. The molecule has 2 saturated heterocycles. The number of rotatable bonds is 5. The second-order valence-corrected chi connectivity index (χ2v) is 6.96. The van der Waals surface area contributed by atoms with Crippen molar-refractivity contribution < 1.29 is 4.79 Å². The first-order valence-electron chi connectivity index (χ1n) is 8.04. The Hall–Kier alpha value is -0.870. The van der Waals surface area contributed by atoms with Crippen LogP contribution in [-0.2, 0) is 24.7 Å². The third kappa shape index (κ3) is 3.16. The normalized spacial score (nSPS) is 28.0. The summed E-state index contributed by atoms with van der Waals surface area (Å²) in [5.41, 5.74) is 1.76. The van der Waals surface area contributed by atoms with Crippen LogP contribution >= 0.6 is 11.6 Å². The fourth-order valence-electron chi connectivity index (χ4n) is 3.93. The number of ketones is 1. The van der Waals surface area contributed by atoms with Crippen molar-refractivity contribution in [1.82, 2.24) is 15.1 Å². The summed E-state index contributed by atoms with van der Waals surface area (Å²) < 4.78 is 1.77. The van der Waals surface area contributed by atoms with Gasteiger partial charge in [-0.1, -0.05) is 18.5 Å². The van der Waals surface area contributed by atoms with Crippen molar-refractivity contribution in [3.8, 4) is 0 Å². The van der Waals surface area contributed by atoms with E-state index in [9.17, 15) is 4.79 Å². The Morgan fingerprint density at radius 1 is 1.38 bits per heavy atom. The Morgan fingerprint density at radius 3 is 2.62 bits per heavy atom. The highest BCUT2D eigenvalue weighted by molar-refractivity contribution is 6.32. The van der Waals surface area contributed by atoms with E-state index < -0.39 is 0 Å². The zero-order valence-electron chi connectivity index (χ0n) is 12.9. The van der Waals surface area contributed by atoms with Gasteiger partial charge in [0.15, 0.2) is 0 Å². The van der Waals surface area contributed by atoms with Crippen molar-refractivity contribution in [1.29, 1.82) is 0 Å². The zero-order valence-corrected chi connectivity index (χ0v) is 13.6. The van der Waals surface area contributed by atoms with Crippen LogP contribution in [0.4, 0.5) is 0 Å². The molecule has 2 aliphatic heterocycles. The maximum atomic E-state index is 12.4. The molecule has 1 aromatic heterocycles. The molecule has 1 aromatic rings. The smallest absolute Gasteiger partial charge is 0.139 e. The maximum Gasteiger partial charge on any atom is 0.139 e. The average molecular weight is 310 g/mol. The van der Waals surface area contributed by atoms with Gasteiger partial charge in [0.1, 0.15) is 5.78 Å². The molecule has 2 fully saturated rings. The molecule has 116 valence electrons. The van der Waals surface area contributed by atoms with Crippen LogP contribution in [0, 0.1) is 5.92 Å². The third-order valence-corrected chi connectivity index (χ3v) is 5.39. The van der Waals surface area contributed by atoms with Gasteiger partial charge in [0.2, 0.25) is 0 Å². The van der Waals surface area contributed by atoms with E-state index in [1.807, 2.05) is 14.0 Å². The van der Waals surface area contributed by atoms with Crippen LogP contribution in [0.1, 0.15) is 50.4 Å². The second-order valence-electron chi connectivity index (χ2n) is 6.58. The van der Waals surface area contributed by atoms with Crippen LogP contribution in [0.2, 0.25) is 5.02 Å². The monoisotopic (exact) mass is 309 g/mol. The molecule has 0 radical (unpaired) electrons. The molecule has 1 N–H and O–H groups in total. The van der Waals surface area contributed by atoms with Crippen molar-refractivity contribution in [3.63, 3.8) is 0 Å². The van der Waals surface area contributed by atoms with E-state index >= 15 is 0 Å². The Morgan fingerprint density at radius 2 is 2.05 bits per heavy atom. The fourth-order valence-corrected chi connectivity index (χ4v) is 4.30. The number of nitrogens with zero attached hydrogens (tertiary/aromatic N) is 2. The number of aryl methyl sites for hydroxylation is 2. The first-order valence-corrected chi connectivity index (χ1v) is 8.42. The van der Waals surface area contributed by atoms with E-state index in [0.717, 1.165) is 30.7 Å². The van der Waals surface area contributed by atoms with E-state index in [0.29, 0.717) is 41.6 Å². The summed E-state index contributed by atoms with van der Waals surface area (Å²) in [6, 6.07) is 1.29.